The SMILES string of the molecule is Cc1cc(-c2ccc(F)cc2)cc2c(N[C@H](C)c3cnc(C(C)(F)F)nc3)ncnc12. The maximum absolute atomic E-state index is 13.4. The van der Waals surface area contributed by atoms with Crippen LogP contribution in [0.4, 0.5) is 19.0 Å². The minimum Gasteiger partial charge on any atom is -0.363 e. The summed E-state index contributed by atoms with van der Waals surface area (Å²) in [5.41, 5.74) is 4.17. The number of benzene rings is 2. The summed E-state index contributed by atoms with van der Waals surface area (Å²) in [6, 6.07) is 9.93. The second kappa shape index (κ2) is 7.94. The number of rotatable bonds is 5. The number of hydrogen-bond acceptors (Lipinski definition) is 5. The molecule has 0 aliphatic rings. The first-order valence-electron chi connectivity index (χ1n) is 9.70. The number of aryl methyl sites for hydroxylation is 1. The van der Waals surface area contributed by atoms with Gasteiger partial charge in [0.05, 0.1) is 11.6 Å². The van der Waals surface area contributed by atoms with Crippen LogP contribution in [0.3, 0.4) is 0 Å². The van der Waals surface area contributed by atoms with E-state index in [1.54, 1.807) is 12.1 Å². The first-order chi connectivity index (χ1) is 14.7. The lowest BCUT2D eigenvalue weighted by atomic mass is 10.00. The van der Waals surface area contributed by atoms with Crippen molar-refractivity contribution in [2.24, 2.45) is 0 Å². The van der Waals surface area contributed by atoms with E-state index in [1.807, 2.05) is 26.0 Å². The number of anilines is 1. The van der Waals surface area contributed by atoms with Gasteiger partial charge >= 0.3 is 5.92 Å². The number of hydrogen-bond donors (Lipinski definition) is 1. The van der Waals surface area contributed by atoms with Crippen molar-refractivity contribution in [3.05, 3.63) is 77.9 Å². The van der Waals surface area contributed by atoms with E-state index in [0.29, 0.717) is 11.4 Å². The fraction of sp³-hybridized carbons (Fsp3) is 0.217. The van der Waals surface area contributed by atoms with Gasteiger partial charge in [-0.05, 0) is 54.8 Å². The smallest absolute Gasteiger partial charge is 0.303 e. The van der Waals surface area contributed by atoms with Crippen molar-refractivity contribution in [3.8, 4) is 11.1 Å². The summed E-state index contributed by atoms with van der Waals surface area (Å²) in [7, 11) is 0. The highest BCUT2D eigenvalue weighted by Crippen LogP contribution is 2.31. The average molecular weight is 423 g/mol. The van der Waals surface area contributed by atoms with Gasteiger partial charge in [-0.1, -0.05) is 12.1 Å². The molecule has 0 bridgehead atoms. The van der Waals surface area contributed by atoms with Gasteiger partial charge < -0.3 is 5.32 Å². The largest absolute Gasteiger partial charge is 0.363 e. The van der Waals surface area contributed by atoms with E-state index in [-0.39, 0.29) is 11.9 Å². The quantitative estimate of drug-likeness (QED) is 0.438. The summed E-state index contributed by atoms with van der Waals surface area (Å²) < 4.78 is 40.0. The van der Waals surface area contributed by atoms with E-state index in [1.165, 1.54) is 30.9 Å². The van der Waals surface area contributed by atoms with Crippen molar-refractivity contribution in [2.45, 2.75) is 32.7 Å². The molecule has 0 aliphatic carbocycles. The molecule has 4 aromatic rings. The van der Waals surface area contributed by atoms with Crippen LogP contribution in [0.25, 0.3) is 22.0 Å². The fourth-order valence-corrected chi connectivity index (χ4v) is 3.35. The Balaban J connectivity index is 1.69. The third kappa shape index (κ3) is 4.33. The van der Waals surface area contributed by atoms with Gasteiger partial charge in [-0.15, -0.1) is 0 Å². The van der Waals surface area contributed by atoms with Gasteiger partial charge in [-0.3, -0.25) is 0 Å². The Morgan fingerprint density at radius 2 is 1.61 bits per heavy atom. The van der Waals surface area contributed by atoms with Gasteiger partial charge in [-0.25, -0.2) is 24.3 Å². The molecule has 0 radical (unpaired) electrons. The van der Waals surface area contributed by atoms with Crippen LogP contribution in [0.5, 0.6) is 0 Å². The summed E-state index contributed by atoms with van der Waals surface area (Å²) in [5, 5.41) is 4.09. The van der Waals surface area contributed by atoms with Crippen molar-refractivity contribution in [1.82, 2.24) is 19.9 Å². The van der Waals surface area contributed by atoms with E-state index in [2.05, 4.69) is 25.3 Å². The number of fused-ring (bicyclic) bond motifs is 1. The van der Waals surface area contributed by atoms with Gasteiger partial charge in [0, 0.05) is 30.3 Å². The molecular formula is C23H20F3N5. The average Bonchev–Trinajstić information content (AvgIpc) is 2.74. The molecule has 4 rings (SSSR count). The van der Waals surface area contributed by atoms with Crippen molar-refractivity contribution in [2.75, 3.05) is 5.32 Å². The Kier molecular flexibility index (Phi) is 5.31. The zero-order valence-electron chi connectivity index (χ0n) is 17.2. The van der Waals surface area contributed by atoms with Crippen LogP contribution in [-0.4, -0.2) is 19.9 Å². The van der Waals surface area contributed by atoms with Gasteiger partial charge in [-0.2, -0.15) is 8.78 Å². The van der Waals surface area contributed by atoms with Crippen LogP contribution < -0.4 is 5.32 Å². The standard InChI is InChI=1S/C23H20F3N5/c1-13-8-16(15-4-6-18(24)7-5-15)9-19-20(13)29-12-30-21(19)31-14(2)17-10-27-22(28-11-17)23(3,25)26/h4-12,14H,1-3H3,(H,29,30,31)/t14-/m1/s1. The van der Waals surface area contributed by atoms with Gasteiger partial charge in [0.2, 0.25) is 0 Å². The molecule has 158 valence electrons. The first kappa shape index (κ1) is 20.7. The molecule has 0 aliphatic heterocycles. The predicted octanol–water partition coefficient (Wildman–Crippen LogP) is 5.82. The minimum atomic E-state index is -3.09. The lowest BCUT2D eigenvalue weighted by Crippen LogP contribution is -2.15. The molecule has 1 atom stereocenters. The Morgan fingerprint density at radius 3 is 2.26 bits per heavy atom. The maximum atomic E-state index is 13.4. The van der Waals surface area contributed by atoms with E-state index in [9.17, 15) is 13.2 Å². The van der Waals surface area contributed by atoms with Crippen molar-refractivity contribution in [1.29, 1.82) is 0 Å². The van der Waals surface area contributed by atoms with Gasteiger partial charge in [0.15, 0.2) is 5.82 Å². The molecule has 0 unspecified atom stereocenters. The minimum absolute atomic E-state index is 0.285. The van der Waals surface area contributed by atoms with Crippen LogP contribution in [0.1, 0.15) is 36.8 Å². The topological polar surface area (TPSA) is 63.6 Å². The number of aromatic nitrogens is 4. The zero-order valence-corrected chi connectivity index (χ0v) is 17.2. The second-order valence-electron chi connectivity index (χ2n) is 7.51. The van der Waals surface area contributed by atoms with E-state index < -0.39 is 11.7 Å². The Labute approximate surface area is 177 Å². The lowest BCUT2D eigenvalue weighted by molar-refractivity contribution is 0.00761. The monoisotopic (exact) mass is 423 g/mol. The predicted molar refractivity (Wildman–Crippen MR) is 113 cm³/mol. The van der Waals surface area contributed by atoms with Crippen LogP contribution in [0.15, 0.2) is 55.1 Å². The summed E-state index contributed by atoms with van der Waals surface area (Å²) in [6.45, 7) is 4.58. The first-order valence-corrected chi connectivity index (χ1v) is 9.70. The number of nitrogens with zero attached hydrogens (tertiary/aromatic N) is 4. The van der Waals surface area contributed by atoms with Crippen LogP contribution in [0.2, 0.25) is 0 Å². The summed E-state index contributed by atoms with van der Waals surface area (Å²) in [4.78, 5) is 16.3. The summed E-state index contributed by atoms with van der Waals surface area (Å²) in [6.07, 6.45) is 4.24. The van der Waals surface area contributed by atoms with E-state index in [0.717, 1.165) is 34.5 Å². The second-order valence-corrected chi connectivity index (χ2v) is 7.51. The molecule has 2 heterocycles. The highest BCUT2D eigenvalue weighted by molar-refractivity contribution is 5.94. The Morgan fingerprint density at radius 1 is 0.935 bits per heavy atom. The highest BCUT2D eigenvalue weighted by atomic mass is 19.3. The third-order valence-electron chi connectivity index (χ3n) is 5.02. The van der Waals surface area contributed by atoms with Crippen LogP contribution in [0, 0.1) is 12.7 Å². The van der Waals surface area contributed by atoms with E-state index in [4.69, 9.17) is 0 Å². The summed E-state index contributed by atoms with van der Waals surface area (Å²) in [5.74, 6) is -3.31. The van der Waals surface area contributed by atoms with Crippen molar-refractivity contribution in [3.63, 3.8) is 0 Å². The molecule has 31 heavy (non-hydrogen) atoms. The molecule has 5 nitrogen and oxygen atoms in total. The molecular weight excluding hydrogens is 403 g/mol. The molecule has 0 fully saturated rings. The molecule has 0 amide bonds. The molecule has 0 saturated heterocycles. The number of halogens is 3. The normalized spacial score (nSPS) is 12.7. The summed E-state index contributed by atoms with van der Waals surface area (Å²) >= 11 is 0. The molecule has 2 aromatic carbocycles. The van der Waals surface area contributed by atoms with Gasteiger partial charge in [0.1, 0.15) is 18.0 Å². The fourth-order valence-electron chi connectivity index (χ4n) is 3.35. The lowest BCUT2D eigenvalue weighted by Gasteiger charge is -2.17. The van der Waals surface area contributed by atoms with Crippen molar-refractivity contribution >= 4 is 16.7 Å². The molecule has 2 aromatic heterocycles. The number of alkyl halides is 2. The van der Waals surface area contributed by atoms with Gasteiger partial charge in [0.25, 0.3) is 0 Å². The zero-order chi connectivity index (χ0) is 22.2. The van der Waals surface area contributed by atoms with Crippen molar-refractivity contribution < 1.29 is 13.2 Å². The molecule has 0 saturated carbocycles. The molecule has 1 N–H and O–H groups in total. The molecule has 0 spiro atoms. The maximum Gasteiger partial charge on any atom is 0.303 e. The molecule has 8 heteroatoms. The Bertz CT molecular complexity index is 1220. The van der Waals surface area contributed by atoms with Crippen LogP contribution >= 0.6 is 0 Å². The Hall–Kier alpha value is -3.55. The number of nitrogens with one attached hydrogen (secondary N) is 1. The third-order valence-corrected chi connectivity index (χ3v) is 5.02. The highest BCUT2D eigenvalue weighted by Gasteiger charge is 2.28. The van der Waals surface area contributed by atoms with Crippen LogP contribution in [-0.2, 0) is 5.92 Å². The van der Waals surface area contributed by atoms with E-state index >= 15 is 0 Å².